The van der Waals surface area contributed by atoms with E-state index in [-0.39, 0.29) is 36.7 Å². The maximum absolute atomic E-state index is 13.3. The highest BCUT2D eigenvalue weighted by Crippen LogP contribution is 2.21. The molecule has 2 heterocycles. The Morgan fingerprint density at radius 1 is 1.15 bits per heavy atom. The summed E-state index contributed by atoms with van der Waals surface area (Å²) < 4.78 is 0. The molecule has 1 saturated heterocycles. The van der Waals surface area contributed by atoms with E-state index in [1.165, 1.54) is 6.33 Å². The largest absolute Gasteiger partial charge is 0.480 e. The first-order valence-electron chi connectivity index (χ1n) is 14.0. The van der Waals surface area contributed by atoms with E-state index < -0.39 is 24.0 Å². The summed E-state index contributed by atoms with van der Waals surface area (Å²) in [6.45, 7) is 4.77. The van der Waals surface area contributed by atoms with Crippen LogP contribution in [0.3, 0.4) is 0 Å². The maximum atomic E-state index is 13.3. The summed E-state index contributed by atoms with van der Waals surface area (Å²) in [5.41, 5.74) is 1.54. The third-order valence-corrected chi connectivity index (χ3v) is 7.67. The Labute approximate surface area is 239 Å². The number of rotatable bonds is 14. The number of carboxylic acid groups (broad SMARTS) is 1. The van der Waals surface area contributed by atoms with Gasteiger partial charge in [-0.3, -0.25) is 19.3 Å². The van der Waals surface area contributed by atoms with Crippen molar-refractivity contribution in [1.29, 1.82) is 0 Å². The minimum atomic E-state index is -1.15. The Morgan fingerprint density at radius 3 is 2.61 bits per heavy atom. The SMILES string of the molecule is CC[C@H](C)[C@@H](CN(CC(=O)N[C@@H](Cc1c[nH]cn1)C(=O)O)Cc1cccc2ccccc12)NC(=O)[C@@H]1CCC(=O)N1. The van der Waals surface area contributed by atoms with Crippen molar-refractivity contribution >= 4 is 34.5 Å². The molecule has 11 heteroatoms. The standard InChI is InChI=1S/C30H38N6O5/c1-3-19(2)26(35-29(39)24-11-12-27(37)33-24)16-36(15-21-9-6-8-20-7-4-5-10-23(20)21)17-28(38)34-25(30(40)41)13-22-14-31-18-32-22/h4-10,14,18-19,24-26H,3,11-13,15-17H2,1-2H3,(H,31,32)(H,33,37)(H,34,38)(H,35,39)(H,40,41)/t19-,24-,25-,26+/m0/s1. The number of amides is 3. The summed E-state index contributed by atoms with van der Waals surface area (Å²) in [7, 11) is 0. The predicted molar refractivity (Wildman–Crippen MR) is 154 cm³/mol. The smallest absolute Gasteiger partial charge is 0.326 e. The van der Waals surface area contributed by atoms with Crippen LogP contribution in [0.4, 0.5) is 0 Å². The zero-order valence-corrected chi connectivity index (χ0v) is 23.4. The van der Waals surface area contributed by atoms with Crippen molar-refractivity contribution in [3.05, 3.63) is 66.2 Å². The van der Waals surface area contributed by atoms with Gasteiger partial charge in [-0.15, -0.1) is 0 Å². The Bertz CT molecular complexity index is 1360. The molecule has 218 valence electrons. The molecule has 11 nitrogen and oxygen atoms in total. The van der Waals surface area contributed by atoms with Crippen LogP contribution in [0.1, 0.15) is 44.4 Å². The monoisotopic (exact) mass is 562 g/mol. The van der Waals surface area contributed by atoms with Crippen molar-refractivity contribution in [2.75, 3.05) is 13.1 Å². The second-order valence-electron chi connectivity index (χ2n) is 10.7. The van der Waals surface area contributed by atoms with Gasteiger partial charge in [0.05, 0.1) is 18.6 Å². The minimum Gasteiger partial charge on any atom is -0.480 e. The van der Waals surface area contributed by atoms with Gasteiger partial charge in [-0.25, -0.2) is 9.78 Å². The van der Waals surface area contributed by atoms with Crippen LogP contribution in [0.2, 0.25) is 0 Å². The van der Waals surface area contributed by atoms with Crippen molar-refractivity contribution < 1.29 is 24.3 Å². The average Bonchev–Trinajstić information content (AvgIpc) is 3.63. The molecular weight excluding hydrogens is 524 g/mol. The lowest BCUT2D eigenvalue weighted by atomic mass is 9.97. The minimum absolute atomic E-state index is 0.0482. The zero-order chi connectivity index (χ0) is 29.4. The molecule has 0 aliphatic carbocycles. The van der Waals surface area contributed by atoms with Gasteiger partial charge >= 0.3 is 5.97 Å². The number of hydrogen-bond acceptors (Lipinski definition) is 6. The fourth-order valence-electron chi connectivity index (χ4n) is 5.14. The number of hydrogen-bond donors (Lipinski definition) is 5. The van der Waals surface area contributed by atoms with Crippen molar-refractivity contribution in [1.82, 2.24) is 30.8 Å². The van der Waals surface area contributed by atoms with Gasteiger partial charge in [0.15, 0.2) is 0 Å². The highest BCUT2D eigenvalue weighted by atomic mass is 16.4. The first-order chi connectivity index (χ1) is 19.7. The quantitative estimate of drug-likeness (QED) is 0.201. The maximum Gasteiger partial charge on any atom is 0.326 e. The Hall–Kier alpha value is -4.25. The van der Waals surface area contributed by atoms with Crippen LogP contribution in [0, 0.1) is 5.92 Å². The lowest BCUT2D eigenvalue weighted by Gasteiger charge is -2.32. The number of aliphatic carboxylic acids is 1. The van der Waals surface area contributed by atoms with Crippen molar-refractivity contribution in [2.24, 2.45) is 5.92 Å². The summed E-state index contributed by atoms with van der Waals surface area (Å²) >= 11 is 0. The molecule has 0 unspecified atom stereocenters. The fraction of sp³-hybridized carbons (Fsp3) is 0.433. The number of benzene rings is 2. The van der Waals surface area contributed by atoms with Crippen molar-refractivity contribution in [2.45, 2.75) is 64.2 Å². The summed E-state index contributed by atoms with van der Waals surface area (Å²) in [6, 6.07) is 12.0. The molecular formula is C30H38N6O5. The van der Waals surface area contributed by atoms with E-state index in [0.29, 0.717) is 31.6 Å². The number of nitrogens with zero attached hydrogens (tertiary/aromatic N) is 2. The van der Waals surface area contributed by atoms with Gasteiger partial charge in [0.25, 0.3) is 0 Å². The van der Waals surface area contributed by atoms with E-state index in [9.17, 15) is 24.3 Å². The van der Waals surface area contributed by atoms with Crippen LogP contribution in [0.15, 0.2) is 55.0 Å². The van der Waals surface area contributed by atoms with E-state index in [1.807, 2.05) is 61.2 Å². The lowest BCUT2D eigenvalue weighted by molar-refractivity contribution is -0.142. The number of fused-ring (bicyclic) bond motifs is 1. The molecule has 4 rings (SSSR count). The number of aromatic amines is 1. The number of H-pyrrole nitrogens is 1. The van der Waals surface area contributed by atoms with Gasteiger partial charge in [0, 0.05) is 38.2 Å². The number of aromatic nitrogens is 2. The summed E-state index contributed by atoms with van der Waals surface area (Å²) in [5, 5.41) is 20.3. The van der Waals surface area contributed by atoms with Gasteiger partial charge < -0.3 is 26.0 Å². The second-order valence-corrected chi connectivity index (χ2v) is 10.7. The Morgan fingerprint density at radius 2 is 1.93 bits per heavy atom. The number of imidazole rings is 1. The number of carbonyl (C=O) groups is 4. The van der Waals surface area contributed by atoms with E-state index in [4.69, 9.17) is 0 Å². The van der Waals surface area contributed by atoms with Gasteiger partial charge in [0.1, 0.15) is 12.1 Å². The molecule has 1 aliphatic rings. The van der Waals surface area contributed by atoms with E-state index >= 15 is 0 Å². The summed E-state index contributed by atoms with van der Waals surface area (Å²) in [4.78, 5) is 58.7. The van der Waals surface area contributed by atoms with Crippen LogP contribution in [0.25, 0.3) is 10.8 Å². The van der Waals surface area contributed by atoms with E-state index in [2.05, 4.69) is 25.9 Å². The molecule has 4 atom stereocenters. The molecule has 0 saturated carbocycles. The third-order valence-electron chi connectivity index (χ3n) is 7.67. The lowest BCUT2D eigenvalue weighted by Crippen LogP contribution is -2.53. The van der Waals surface area contributed by atoms with Gasteiger partial charge in [-0.1, -0.05) is 62.7 Å². The first-order valence-corrected chi connectivity index (χ1v) is 14.0. The Kier molecular flexibility index (Phi) is 10.1. The fourth-order valence-corrected chi connectivity index (χ4v) is 5.14. The van der Waals surface area contributed by atoms with Crippen molar-refractivity contribution in [3.63, 3.8) is 0 Å². The van der Waals surface area contributed by atoms with Crippen LogP contribution in [-0.4, -0.2) is 74.9 Å². The molecule has 1 aromatic heterocycles. The molecule has 1 fully saturated rings. The van der Waals surface area contributed by atoms with E-state index in [0.717, 1.165) is 22.8 Å². The van der Waals surface area contributed by atoms with E-state index in [1.54, 1.807) is 6.20 Å². The third kappa shape index (κ3) is 8.14. The molecule has 0 bridgehead atoms. The Balaban J connectivity index is 1.54. The van der Waals surface area contributed by atoms with Crippen LogP contribution in [0.5, 0.6) is 0 Å². The summed E-state index contributed by atoms with van der Waals surface area (Å²) in [5.74, 6) is -1.88. The second kappa shape index (κ2) is 13.9. The number of carboxylic acids is 1. The number of nitrogens with one attached hydrogen (secondary N) is 4. The normalized spacial score (nSPS) is 17.1. The molecule has 0 radical (unpaired) electrons. The molecule has 5 N–H and O–H groups in total. The molecule has 3 amide bonds. The van der Waals surface area contributed by atoms with Crippen molar-refractivity contribution in [3.8, 4) is 0 Å². The molecule has 2 aromatic carbocycles. The average molecular weight is 563 g/mol. The van der Waals surface area contributed by atoms with Gasteiger partial charge in [0.2, 0.25) is 17.7 Å². The molecule has 0 spiro atoms. The molecule has 1 aliphatic heterocycles. The topological polar surface area (TPSA) is 157 Å². The van der Waals surface area contributed by atoms with Crippen LogP contribution < -0.4 is 16.0 Å². The molecule has 41 heavy (non-hydrogen) atoms. The molecule has 3 aromatic rings. The highest BCUT2D eigenvalue weighted by Gasteiger charge is 2.31. The highest BCUT2D eigenvalue weighted by molar-refractivity contribution is 5.91. The number of carbonyl (C=O) groups excluding carboxylic acids is 3. The van der Waals surface area contributed by atoms with Gasteiger partial charge in [-0.05, 0) is 28.7 Å². The van der Waals surface area contributed by atoms with Crippen LogP contribution in [-0.2, 0) is 32.1 Å². The predicted octanol–water partition coefficient (Wildman–Crippen LogP) is 1.99. The first kappa shape index (κ1) is 29.7. The zero-order valence-electron chi connectivity index (χ0n) is 23.4. The van der Waals surface area contributed by atoms with Crippen LogP contribution >= 0.6 is 0 Å². The summed E-state index contributed by atoms with van der Waals surface area (Å²) in [6.07, 6.45) is 4.67. The van der Waals surface area contributed by atoms with Gasteiger partial charge in [-0.2, -0.15) is 0 Å².